The Morgan fingerprint density at radius 2 is 1.94 bits per heavy atom. The minimum atomic E-state index is 0.730. The lowest BCUT2D eigenvalue weighted by Crippen LogP contribution is -2.28. The average Bonchev–Trinajstić information content (AvgIpc) is 2.31. The first-order chi connectivity index (χ1) is 8.52. The number of anilines is 1. The van der Waals surface area contributed by atoms with E-state index in [1.165, 1.54) is 0 Å². The number of rotatable bonds is 7. The molecule has 0 aliphatic heterocycles. The van der Waals surface area contributed by atoms with Crippen LogP contribution in [0, 0.1) is 0 Å². The summed E-state index contributed by atoms with van der Waals surface area (Å²) in [6.45, 7) is 5.72. The second-order valence-electron chi connectivity index (χ2n) is 4.70. The van der Waals surface area contributed by atoms with Crippen molar-refractivity contribution in [2.45, 2.75) is 13.5 Å². The second-order valence-corrected chi connectivity index (χ2v) is 5.10. The van der Waals surface area contributed by atoms with E-state index in [1.54, 1.807) is 0 Å². The Morgan fingerprint density at radius 3 is 2.56 bits per heavy atom. The third-order valence-electron chi connectivity index (χ3n) is 2.63. The molecular formula is C13H23ClN4. The van der Waals surface area contributed by atoms with Crippen LogP contribution in [-0.2, 0) is 6.54 Å². The van der Waals surface area contributed by atoms with Gasteiger partial charge in [-0.2, -0.15) is 0 Å². The second kappa shape index (κ2) is 7.56. The molecular weight excluding hydrogens is 248 g/mol. The fourth-order valence-electron chi connectivity index (χ4n) is 1.58. The average molecular weight is 271 g/mol. The molecule has 0 saturated carbocycles. The molecule has 0 aliphatic rings. The van der Waals surface area contributed by atoms with Gasteiger partial charge in [-0.3, -0.25) is 4.90 Å². The van der Waals surface area contributed by atoms with Gasteiger partial charge in [-0.15, -0.1) is 0 Å². The molecule has 0 amide bonds. The van der Waals surface area contributed by atoms with Crippen molar-refractivity contribution in [3.63, 3.8) is 0 Å². The van der Waals surface area contributed by atoms with Gasteiger partial charge in [0.15, 0.2) is 0 Å². The zero-order chi connectivity index (χ0) is 13.5. The minimum Gasteiger partial charge on any atom is -0.370 e. The highest BCUT2D eigenvalue weighted by Crippen LogP contribution is 2.17. The molecule has 0 unspecified atom stereocenters. The Hall–Kier alpha value is -0.840. The summed E-state index contributed by atoms with van der Waals surface area (Å²) in [5.41, 5.74) is 0.927. The zero-order valence-corrected chi connectivity index (χ0v) is 12.5. The molecule has 0 spiro atoms. The van der Waals surface area contributed by atoms with Crippen molar-refractivity contribution in [1.82, 2.24) is 14.8 Å². The molecule has 18 heavy (non-hydrogen) atoms. The molecule has 1 aromatic rings. The number of hydrogen-bond donors (Lipinski definition) is 1. The topological polar surface area (TPSA) is 31.4 Å². The predicted molar refractivity (Wildman–Crippen MR) is 78.3 cm³/mol. The number of pyridine rings is 1. The van der Waals surface area contributed by atoms with Gasteiger partial charge in [-0.1, -0.05) is 11.6 Å². The summed E-state index contributed by atoms with van der Waals surface area (Å²) in [6.07, 6.45) is 0. The van der Waals surface area contributed by atoms with E-state index in [-0.39, 0.29) is 0 Å². The summed E-state index contributed by atoms with van der Waals surface area (Å²) in [6, 6.07) is 3.82. The summed E-state index contributed by atoms with van der Waals surface area (Å²) in [5.74, 6) is 0.887. The number of hydrogen-bond acceptors (Lipinski definition) is 4. The van der Waals surface area contributed by atoms with E-state index in [0.717, 1.165) is 42.7 Å². The molecule has 1 heterocycles. The van der Waals surface area contributed by atoms with Crippen LogP contribution in [0.3, 0.4) is 0 Å². The van der Waals surface area contributed by atoms with Gasteiger partial charge in [0, 0.05) is 26.2 Å². The molecule has 1 N–H and O–H groups in total. The maximum Gasteiger partial charge on any atom is 0.126 e. The monoisotopic (exact) mass is 270 g/mol. The van der Waals surface area contributed by atoms with Gasteiger partial charge in [0.05, 0.1) is 10.7 Å². The fourth-order valence-corrected chi connectivity index (χ4v) is 1.75. The van der Waals surface area contributed by atoms with E-state index in [0.29, 0.717) is 0 Å². The Kier molecular flexibility index (Phi) is 6.39. The van der Waals surface area contributed by atoms with Gasteiger partial charge >= 0.3 is 0 Å². The van der Waals surface area contributed by atoms with Crippen molar-refractivity contribution < 1.29 is 0 Å². The molecule has 0 atom stereocenters. The standard InChI is InChI=1S/C13H23ClN4/c1-5-15-13-7-6-11(14)12(16-13)10-18(4)9-8-17(2)3/h6-7H,5,8-10H2,1-4H3,(H,15,16). The van der Waals surface area contributed by atoms with Gasteiger partial charge in [0.2, 0.25) is 0 Å². The van der Waals surface area contributed by atoms with Crippen LogP contribution >= 0.6 is 11.6 Å². The lowest BCUT2D eigenvalue weighted by Gasteiger charge is -2.19. The maximum atomic E-state index is 6.18. The van der Waals surface area contributed by atoms with Gasteiger partial charge in [0.25, 0.3) is 0 Å². The third-order valence-corrected chi connectivity index (χ3v) is 2.97. The van der Waals surface area contributed by atoms with Gasteiger partial charge in [-0.25, -0.2) is 4.98 Å². The molecule has 1 rings (SSSR count). The number of likely N-dealkylation sites (N-methyl/N-ethyl adjacent to an activating group) is 2. The maximum absolute atomic E-state index is 6.18. The van der Waals surface area contributed by atoms with E-state index in [9.17, 15) is 0 Å². The van der Waals surface area contributed by atoms with Crippen molar-refractivity contribution in [3.8, 4) is 0 Å². The Bertz CT molecular complexity index is 368. The summed E-state index contributed by atoms with van der Waals surface area (Å²) in [7, 11) is 6.23. The fraction of sp³-hybridized carbons (Fsp3) is 0.615. The lowest BCUT2D eigenvalue weighted by molar-refractivity contribution is 0.274. The van der Waals surface area contributed by atoms with Crippen LogP contribution in [-0.4, -0.2) is 55.6 Å². The minimum absolute atomic E-state index is 0.730. The van der Waals surface area contributed by atoms with Crippen molar-refractivity contribution in [2.75, 3.05) is 46.1 Å². The highest BCUT2D eigenvalue weighted by Gasteiger charge is 2.07. The van der Waals surface area contributed by atoms with E-state index < -0.39 is 0 Å². The first kappa shape index (κ1) is 15.2. The van der Waals surface area contributed by atoms with Crippen LogP contribution in [0.1, 0.15) is 12.6 Å². The first-order valence-corrected chi connectivity index (χ1v) is 6.63. The molecule has 0 saturated heterocycles. The van der Waals surface area contributed by atoms with E-state index >= 15 is 0 Å². The van der Waals surface area contributed by atoms with Gasteiger partial charge in [0.1, 0.15) is 5.82 Å². The summed E-state index contributed by atoms with van der Waals surface area (Å²) < 4.78 is 0. The Labute approximate surface area is 115 Å². The number of aromatic nitrogens is 1. The molecule has 0 radical (unpaired) electrons. The molecule has 102 valence electrons. The summed E-state index contributed by atoms with van der Waals surface area (Å²) in [4.78, 5) is 8.92. The van der Waals surface area contributed by atoms with Crippen molar-refractivity contribution in [2.24, 2.45) is 0 Å². The van der Waals surface area contributed by atoms with Crippen molar-refractivity contribution in [1.29, 1.82) is 0 Å². The highest BCUT2D eigenvalue weighted by atomic mass is 35.5. The van der Waals surface area contributed by atoms with Gasteiger partial charge < -0.3 is 10.2 Å². The summed E-state index contributed by atoms with van der Waals surface area (Å²) >= 11 is 6.18. The van der Waals surface area contributed by atoms with Crippen LogP contribution in [0.4, 0.5) is 5.82 Å². The van der Waals surface area contributed by atoms with Crippen LogP contribution in [0.15, 0.2) is 12.1 Å². The third kappa shape index (κ3) is 5.21. The molecule has 0 bridgehead atoms. The SMILES string of the molecule is CCNc1ccc(Cl)c(CN(C)CCN(C)C)n1. The van der Waals surface area contributed by atoms with Gasteiger partial charge in [-0.05, 0) is 40.2 Å². The van der Waals surface area contributed by atoms with Crippen molar-refractivity contribution >= 4 is 17.4 Å². The normalized spacial score (nSPS) is 11.3. The quantitative estimate of drug-likeness (QED) is 0.823. The molecule has 0 fully saturated rings. The Morgan fingerprint density at radius 1 is 1.22 bits per heavy atom. The van der Waals surface area contributed by atoms with E-state index in [4.69, 9.17) is 11.6 Å². The lowest BCUT2D eigenvalue weighted by atomic mass is 10.3. The van der Waals surface area contributed by atoms with Crippen LogP contribution in [0.25, 0.3) is 0 Å². The van der Waals surface area contributed by atoms with E-state index in [1.807, 2.05) is 12.1 Å². The van der Waals surface area contributed by atoms with Crippen molar-refractivity contribution in [3.05, 3.63) is 22.8 Å². The van der Waals surface area contributed by atoms with Crippen LogP contribution in [0.5, 0.6) is 0 Å². The predicted octanol–water partition coefficient (Wildman–Crippen LogP) is 2.16. The molecule has 1 aromatic heterocycles. The Balaban J connectivity index is 2.61. The number of halogens is 1. The first-order valence-electron chi connectivity index (χ1n) is 6.25. The molecule has 4 nitrogen and oxygen atoms in total. The molecule has 0 aliphatic carbocycles. The number of nitrogens with zero attached hydrogens (tertiary/aromatic N) is 3. The van der Waals surface area contributed by atoms with Crippen LogP contribution < -0.4 is 5.32 Å². The molecule has 0 aromatic carbocycles. The largest absolute Gasteiger partial charge is 0.370 e. The number of nitrogens with one attached hydrogen (secondary N) is 1. The van der Waals surface area contributed by atoms with Crippen LogP contribution in [0.2, 0.25) is 5.02 Å². The molecule has 5 heteroatoms. The zero-order valence-electron chi connectivity index (χ0n) is 11.7. The van der Waals surface area contributed by atoms with E-state index in [2.05, 4.69) is 48.2 Å². The summed E-state index contributed by atoms with van der Waals surface area (Å²) in [5, 5.41) is 3.93. The smallest absolute Gasteiger partial charge is 0.126 e. The highest BCUT2D eigenvalue weighted by molar-refractivity contribution is 6.31.